The summed E-state index contributed by atoms with van der Waals surface area (Å²) in [6.45, 7) is -0.00799. The van der Waals surface area contributed by atoms with Crippen molar-refractivity contribution in [3.63, 3.8) is 0 Å². The number of aromatic nitrogens is 2. The van der Waals surface area contributed by atoms with E-state index in [-0.39, 0.29) is 17.4 Å². The van der Waals surface area contributed by atoms with Crippen molar-refractivity contribution in [1.82, 2.24) is 9.78 Å². The van der Waals surface area contributed by atoms with E-state index in [1.54, 1.807) is 0 Å². The van der Waals surface area contributed by atoms with Crippen LogP contribution < -0.4 is 0 Å². The molecule has 5 nitrogen and oxygen atoms in total. The van der Waals surface area contributed by atoms with Gasteiger partial charge in [-0.05, 0) is 27.3 Å². The maximum Gasteiger partial charge on any atom is 0.404 e. The van der Waals surface area contributed by atoms with E-state index in [1.165, 1.54) is 6.20 Å². The van der Waals surface area contributed by atoms with Crippen molar-refractivity contribution >= 4 is 21.7 Å². The Morgan fingerprint density at radius 3 is 2.62 bits per heavy atom. The van der Waals surface area contributed by atoms with E-state index >= 15 is 0 Å². The standard InChI is InChI=1S/C7H7BrF3N3O2/c8-5-4-13(12-6(5)14(15)16)3-1-2-7(9,10)11/h4H,1-3H2. The van der Waals surface area contributed by atoms with E-state index < -0.39 is 23.3 Å². The molecule has 1 aromatic rings. The summed E-state index contributed by atoms with van der Waals surface area (Å²) in [5.74, 6) is -0.396. The van der Waals surface area contributed by atoms with Crippen LogP contribution in [0.4, 0.5) is 19.0 Å². The van der Waals surface area contributed by atoms with Gasteiger partial charge in [0, 0.05) is 6.42 Å². The molecule has 0 N–H and O–H groups in total. The van der Waals surface area contributed by atoms with E-state index in [0.29, 0.717) is 0 Å². The third kappa shape index (κ3) is 3.80. The molecule has 1 heterocycles. The number of aryl methyl sites for hydroxylation is 1. The van der Waals surface area contributed by atoms with Gasteiger partial charge in [0.1, 0.15) is 4.47 Å². The molecule has 0 fully saturated rings. The van der Waals surface area contributed by atoms with Crippen LogP contribution in [-0.2, 0) is 6.54 Å². The van der Waals surface area contributed by atoms with Gasteiger partial charge in [-0.2, -0.15) is 17.9 Å². The molecule has 0 aliphatic heterocycles. The first-order valence-corrected chi connectivity index (χ1v) is 5.03. The Balaban J connectivity index is 2.56. The lowest BCUT2D eigenvalue weighted by Crippen LogP contribution is -2.09. The second kappa shape index (κ2) is 4.81. The lowest BCUT2D eigenvalue weighted by molar-refractivity contribution is -0.390. The van der Waals surface area contributed by atoms with E-state index in [1.807, 2.05) is 0 Å². The van der Waals surface area contributed by atoms with Gasteiger partial charge in [0.05, 0.1) is 17.8 Å². The molecular formula is C7H7BrF3N3O2. The van der Waals surface area contributed by atoms with Crippen molar-refractivity contribution in [2.75, 3.05) is 0 Å². The zero-order valence-electron chi connectivity index (χ0n) is 7.87. The van der Waals surface area contributed by atoms with Gasteiger partial charge in [-0.1, -0.05) is 0 Å². The highest BCUT2D eigenvalue weighted by Crippen LogP contribution is 2.24. The summed E-state index contributed by atoms with van der Waals surface area (Å²) in [5.41, 5.74) is 0. The van der Waals surface area contributed by atoms with Gasteiger partial charge in [0.25, 0.3) is 0 Å². The third-order valence-electron chi connectivity index (χ3n) is 1.72. The van der Waals surface area contributed by atoms with Crippen LogP contribution in [0.5, 0.6) is 0 Å². The summed E-state index contributed by atoms with van der Waals surface area (Å²) < 4.78 is 36.7. The number of nitro groups is 1. The zero-order valence-corrected chi connectivity index (χ0v) is 9.45. The molecule has 0 saturated carbocycles. The summed E-state index contributed by atoms with van der Waals surface area (Å²) in [6.07, 6.45) is -4.02. The average Bonchev–Trinajstić information content (AvgIpc) is 2.44. The van der Waals surface area contributed by atoms with Crippen molar-refractivity contribution in [1.29, 1.82) is 0 Å². The molecule has 0 atom stereocenters. The number of nitrogens with zero attached hydrogens (tertiary/aromatic N) is 3. The van der Waals surface area contributed by atoms with Crippen LogP contribution in [0, 0.1) is 10.1 Å². The van der Waals surface area contributed by atoms with Gasteiger partial charge in [0.2, 0.25) is 0 Å². The predicted octanol–water partition coefficient (Wildman–Crippen LogP) is 2.90. The molecule has 0 amide bonds. The first-order chi connectivity index (χ1) is 7.29. The first-order valence-electron chi connectivity index (χ1n) is 4.23. The van der Waals surface area contributed by atoms with Gasteiger partial charge in [-0.3, -0.25) is 0 Å². The van der Waals surface area contributed by atoms with Gasteiger partial charge in [-0.15, -0.1) is 0 Å². The summed E-state index contributed by atoms with van der Waals surface area (Å²) in [4.78, 5) is 9.68. The van der Waals surface area contributed by atoms with Gasteiger partial charge in [-0.25, -0.2) is 0 Å². The highest BCUT2D eigenvalue weighted by molar-refractivity contribution is 9.10. The zero-order chi connectivity index (χ0) is 12.3. The fourth-order valence-electron chi connectivity index (χ4n) is 1.07. The van der Waals surface area contributed by atoms with Crippen LogP contribution in [0.2, 0.25) is 0 Å². The summed E-state index contributed by atoms with van der Waals surface area (Å²) in [6, 6.07) is 0. The molecule has 0 saturated heterocycles. The van der Waals surface area contributed by atoms with Crippen molar-refractivity contribution in [2.24, 2.45) is 0 Å². The monoisotopic (exact) mass is 301 g/mol. The van der Waals surface area contributed by atoms with Gasteiger partial charge < -0.3 is 10.1 Å². The fourth-order valence-corrected chi connectivity index (χ4v) is 1.53. The lowest BCUT2D eigenvalue weighted by Gasteiger charge is -2.03. The van der Waals surface area contributed by atoms with Crippen molar-refractivity contribution in [3.05, 3.63) is 20.8 Å². The summed E-state index contributed by atoms with van der Waals surface area (Å²) >= 11 is 2.90. The molecule has 1 aromatic heterocycles. The smallest absolute Gasteiger partial charge is 0.358 e. The lowest BCUT2D eigenvalue weighted by atomic mass is 10.3. The van der Waals surface area contributed by atoms with Crippen molar-refractivity contribution in [2.45, 2.75) is 25.6 Å². The van der Waals surface area contributed by atoms with Crippen molar-refractivity contribution in [3.8, 4) is 0 Å². The Hall–Kier alpha value is -1.12. The Kier molecular flexibility index (Phi) is 3.89. The van der Waals surface area contributed by atoms with Crippen LogP contribution in [0.25, 0.3) is 0 Å². The van der Waals surface area contributed by atoms with Gasteiger partial charge in [0.15, 0.2) is 0 Å². The maximum absolute atomic E-state index is 11.8. The average molecular weight is 302 g/mol. The van der Waals surface area contributed by atoms with Crippen LogP contribution in [0.15, 0.2) is 10.7 Å². The molecule has 90 valence electrons. The number of rotatable bonds is 4. The second-order valence-corrected chi connectivity index (χ2v) is 3.89. The number of hydrogen-bond acceptors (Lipinski definition) is 3. The normalized spacial score (nSPS) is 11.8. The Labute approximate surface area is 96.5 Å². The van der Waals surface area contributed by atoms with E-state index in [0.717, 1.165) is 4.68 Å². The summed E-state index contributed by atoms with van der Waals surface area (Å²) in [7, 11) is 0. The van der Waals surface area contributed by atoms with E-state index in [2.05, 4.69) is 21.0 Å². The van der Waals surface area contributed by atoms with E-state index in [4.69, 9.17) is 0 Å². The minimum atomic E-state index is -4.21. The minimum absolute atomic E-state index is 0.00799. The fraction of sp³-hybridized carbons (Fsp3) is 0.571. The SMILES string of the molecule is O=[N+]([O-])c1nn(CCCC(F)(F)F)cc1Br. The topological polar surface area (TPSA) is 61.0 Å². The molecule has 9 heteroatoms. The molecule has 0 spiro atoms. The quantitative estimate of drug-likeness (QED) is 0.634. The highest BCUT2D eigenvalue weighted by Gasteiger charge is 2.26. The number of halogens is 4. The Bertz CT molecular complexity index is 391. The first kappa shape index (κ1) is 12.9. The molecular weight excluding hydrogens is 295 g/mol. The number of alkyl halides is 3. The molecule has 1 rings (SSSR count). The molecule has 0 aliphatic carbocycles. The van der Waals surface area contributed by atoms with Crippen LogP contribution in [0.1, 0.15) is 12.8 Å². The van der Waals surface area contributed by atoms with Gasteiger partial charge >= 0.3 is 12.0 Å². The highest BCUT2D eigenvalue weighted by atomic mass is 79.9. The van der Waals surface area contributed by atoms with Crippen LogP contribution in [0.3, 0.4) is 0 Å². The minimum Gasteiger partial charge on any atom is -0.358 e. The third-order valence-corrected chi connectivity index (χ3v) is 2.28. The predicted molar refractivity (Wildman–Crippen MR) is 51.9 cm³/mol. The van der Waals surface area contributed by atoms with E-state index in [9.17, 15) is 23.3 Å². The molecule has 0 radical (unpaired) electrons. The number of hydrogen-bond donors (Lipinski definition) is 0. The molecule has 0 unspecified atom stereocenters. The van der Waals surface area contributed by atoms with Crippen molar-refractivity contribution < 1.29 is 18.1 Å². The Morgan fingerprint density at radius 2 is 2.19 bits per heavy atom. The largest absolute Gasteiger partial charge is 0.404 e. The summed E-state index contributed by atoms with van der Waals surface area (Å²) in [5, 5.41) is 13.9. The molecule has 16 heavy (non-hydrogen) atoms. The maximum atomic E-state index is 11.8. The molecule has 0 aliphatic rings. The second-order valence-electron chi connectivity index (χ2n) is 3.04. The van der Waals surface area contributed by atoms with Crippen LogP contribution >= 0.6 is 15.9 Å². The molecule has 0 aromatic carbocycles. The van der Waals surface area contributed by atoms with Crippen LogP contribution in [-0.4, -0.2) is 20.9 Å². The Morgan fingerprint density at radius 1 is 1.56 bits per heavy atom. The molecule has 0 bridgehead atoms.